The van der Waals surface area contributed by atoms with Crippen molar-refractivity contribution in [2.75, 3.05) is 0 Å². The van der Waals surface area contributed by atoms with Crippen LogP contribution in [0.3, 0.4) is 0 Å². The van der Waals surface area contributed by atoms with Gasteiger partial charge in [0.15, 0.2) is 0 Å². The van der Waals surface area contributed by atoms with E-state index in [4.69, 9.17) is 8.83 Å². The number of allylic oxidation sites excluding steroid dienone is 6. The molecule has 202 valence electrons. The molecule has 0 saturated heterocycles. The summed E-state index contributed by atoms with van der Waals surface area (Å²) < 4.78 is 10.8. The zero-order valence-corrected chi connectivity index (χ0v) is 22.4. The Bertz CT molecular complexity index is 1960. The average Bonchev–Trinajstić information content (AvgIpc) is 3.03. The summed E-state index contributed by atoms with van der Waals surface area (Å²) in [4.78, 5) is 33.4. The van der Waals surface area contributed by atoms with Gasteiger partial charge in [-0.3, -0.25) is 0 Å². The van der Waals surface area contributed by atoms with E-state index in [2.05, 4.69) is 9.97 Å². The second-order valence-corrected chi connectivity index (χ2v) is 9.38. The lowest BCUT2D eigenvalue weighted by atomic mass is 10.1. The fourth-order valence-electron chi connectivity index (χ4n) is 4.35. The van der Waals surface area contributed by atoms with Crippen molar-refractivity contribution in [1.29, 1.82) is 0 Å². The highest BCUT2D eigenvalue weighted by Gasteiger charge is 2.09. The highest BCUT2D eigenvalue weighted by Crippen LogP contribution is 2.21. The first-order valence-corrected chi connectivity index (χ1v) is 13.3. The number of hydrogen-bond acceptors (Lipinski definition) is 6. The number of benzene rings is 4. The molecule has 0 spiro atoms. The first kappa shape index (κ1) is 26.3. The van der Waals surface area contributed by atoms with Gasteiger partial charge in [0.2, 0.25) is 11.8 Å². The van der Waals surface area contributed by atoms with Gasteiger partial charge in [-0.2, -0.15) is 0 Å². The molecule has 6 rings (SSSR count). The van der Waals surface area contributed by atoms with Crippen molar-refractivity contribution in [2.24, 2.45) is 0 Å². The number of hydrogen-bond donors (Lipinski definition) is 0. The van der Waals surface area contributed by atoms with E-state index in [1.807, 2.05) is 109 Å². The largest absolute Gasteiger partial charge is 0.403 e. The zero-order chi connectivity index (χ0) is 28.7. The van der Waals surface area contributed by atoms with Gasteiger partial charge in [-0.1, -0.05) is 97.1 Å². The first-order chi connectivity index (χ1) is 20.6. The van der Waals surface area contributed by atoms with Gasteiger partial charge in [0.1, 0.15) is 0 Å². The van der Waals surface area contributed by atoms with E-state index in [1.165, 1.54) is 0 Å². The monoisotopic (exact) mass is 548 g/mol. The van der Waals surface area contributed by atoms with Crippen molar-refractivity contribution in [1.82, 2.24) is 9.97 Å². The molecule has 4 aromatic carbocycles. The Morgan fingerprint density at radius 3 is 1.26 bits per heavy atom. The third kappa shape index (κ3) is 5.98. The van der Waals surface area contributed by atoms with Crippen LogP contribution < -0.4 is 11.3 Å². The second kappa shape index (κ2) is 12.1. The van der Waals surface area contributed by atoms with E-state index in [-0.39, 0.29) is 0 Å². The molecule has 0 bridgehead atoms. The van der Waals surface area contributed by atoms with E-state index in [0.717, 1.165) is 22.3 Å². The molecule has 0 amide bonds. The molecule has 0 atom stereocenters. The van der Waals surface area contributed by atoms with Gasteiger partial charge in [0, 0.05) is 11.1 Å². The third-order valence-corrected chi connectivity index (χ3v) is 6.52. The van der Waals surface area contributed by atoms with Crippen molar-refractivity contribution in [3.05, 3.63) is 165 Å². The minimum atomic E-state index is -0.392. The second-order valence-electron chi connectivity index (χ2n) is 9.38. The highest BCUT2D eigenvalue weighted by molar-refractivity contribution is 5.79. The van der Waals surface area contributed by atoms with E-state index < -0.39 is 11.3 Å². The quantitative estimate of drug-likeness (QED) is 0.189. The summed E-state index contributed by atoms with van der Waals surface area (Å²) in [7, 11) is 0. The lowest BCUT2D eigenvalue weighted by molar-refractivity contribution is 0.518. The molecule has 0 unspecified atom stereocenters. The molecule has 2 heterocycles. The Morgan fingerprint density at radius 1 is 0.452 bits per heavy atom. The van der Waals surface area contributed by atoms with Crippen LogP contribution in [0.25, 0.3) is 56.9 Å². The Morgan fingerprint density at radius 2 is 0.833 bits per heavy atom. The summed E-state index contributed by atoms with van der Waals surface area (Å²) in [5, 5.41) is 0.942. The number of rotatable bonds is 7. The molecule has 0 aliphatic carbocycles. The molecule has 0 aliphatic rings. The van der Waals surface area contributed by atoms with Crippen molar-refractivity contribution in [3.63, 3.8) is 0 Å². The number of para-hydroxylation sites is 2. The molecule has 0 N–H and O–H groups in total. The fraction of sp³-hybridized carbons (Fsp3) is 0. The van der Waals surface area contributed by atoms with Crippen LogP contribution in [0.15, 0.2) is 152 Å². The van der Waals surface area contributed by atoms with Crippen LogP contribution in [-0.2, 0) is 0 Å². The van der Waals surface area contributed by atoms with Gasteiger partial charge in [0.25, 0.3) is 0 Å². The normalized spacial score (nSPS) is 12.1. The Hall–Kier alpha value is -5.88. The van der Waals surface area contributed by atoms with Crippen LogP contribution in [0.4, 0.5) is 0 Å². The molecule has 0 fully saturated rings. The predicted octanol–water partition coefficient (Wildman–Crippen LogP) is 7.86. The van der Waals surface area contributed by atoms with Crippen LogP contribution in [0.1, 0.15) is 11.1 Å². The van der Waals surface area contributed by atoms with E-state index in [1.54, 1.807) is 36.4 Å². The van der Waals surface area contributed by atoms with Crippen molar-refractivity contribution in [2.45, 2.75) is 0 Å². The molecular formula is C36H24N2O4. The van der Waals surface area contributed by atoms with Gasteiger partial charge in [-0.25, -0.2) is 19.6 Å². The maximum atomic E-state index is 12.2. The summed E-state index contributed by atoms with van der Waals surface area (Å²) >= 11 is 0. The van der Waals surface area contributed by atoms with E-state index >= 15 is 0 Å². The molecule has 6 heteroatoms. The SMILES string of the molecule is O=c1oc(-c2ccc(/C=C/C=C/C=C/C=C/c3ccc(-c4nc5ccccc5c(=O)o4)cc3)cc2)nc2ccccc12. The zero-order valence-electron chi connectivity index (χ0n) is 22.4. The van der Waals surface area contributed by atoms with E-state index in [9.17, 15) is 9.59 Å². The predicted molar refractivity (Wildman–Crippen MR) is 168 cm³/mol. The number of fused-ring (bicyclic) bond motifs is 2. The van der Waals surface area contributed by atoms with E-state index in [0.29, 0.717) is 33.6 Å². The number of aromatic nitrogens is 2. The summed E-state index contributed by atoms with van der Waals surface area (Å²) in [6, 6.07) is 29.6. The van der Waals surface area contributed by atoms with Gasteiger partial charge < -0.3 is 8.83 Å². The van der Waals surface area contributed by atoms with Crippen molar-refractivity contribution < 1.29 is 8.83 Å². The lowest BCUT2D eigenvalue weighted by Gasteiger charge is -2.02. The van der Waals surface area contributed by atoms with Crippen LogP contribution >= 0.6 is 0 Å². The molecule has 0 saturated carbocycles. The molecule has 6 aromatic rings. The summed E-state index contributed by atoms with van der Waals surface area (Å²) in [6.07, 6.45) is 15.7. The first-order valence-electron chi connectivity index (χ1n) is 13.3. The van der Waals surface area contributed by atoms with Gasteiger partial charge in [-0.15, -0.1) is 0 Å². The van der Waals surface area contributed by atoms with Crippen molar-refractivity contribution in [3.8, 4) is 22.9 Å². The van der Waals surface area contributed by atoms with Gasteiger partial charge in [-0.05, 0) is 59.7 Å². The molecule has 6 nitrogen and oxygen atoms in total. The summed E-state index contributed by atoms with van der Waals surface area (Å²) in [6.45, 7) is 0. The minimum absolute atomic E-state index is 0.304. The Labute approximate surface area is 240 Å². The maximum absolute atomic E-state index is 12.2. The average molecular weight is 549 g/mol. The Balaban J connectivity index is 1.03. The third-order valence-electron chi connectivity index (χ3n) is 6.52. The van der Waals surface area contributed by atoms with Gasteiger partial charge in [0.05, 0.1) is 21.8 Å². The highest BCUT2D eigenvalue weighted by atomic mass is 16.4. The molecule has 0 radical (unpaired) electrons. The number of nitrogens with zero attached hydrogens (tertiary/aromatic N) is 2. The fourth-order valence-corrected chi connectivity index (χ4v) is 4.35. The van der Waals surface area contributed by atoms with Crippen LogP contribution in [0.2, 0.25) is 0 Å². The molecule has 42 heavy (non-hydrogen) atoms. The Kier molecular flexibility index (Phi) is 7.59. The maximum Gasteiger partial charge on any atom is 0.347 e. The molecular weight excluding hydrogens is 524 g/mol. The topological polar surface area (TPSA) is 86.2 Å². The minimum Gasteiger partial charge on any atom is -0.403 e. The summed E-state index contributed by atoms with van der Waals surface area (Å²) in [5.41, 5.74) is 3.95. The van der Waals surface area contributed by atoms with Crippen molar-refractivity contribution >= 4 is 34.0 Å². The standard InChI is InChI=1S/C36H24N2O4/c39-35-29-13-7-9-15-31(29)37-33(41-35)27-21-17-25(18-22-27)11-5-3-1-2-4-6-12-26-19-23-28(24-20-26)34-38-32-16-10-8-14-30(32)36(40)42-34/h1-24H/b3-1+,4-2+,11-5+,12-6+. The molecule has 0 aliphatic heterocycles. The van der Waals surface area contributed by atoms with Crippen LogP contribution in [-0.4, -0.2) is 9.97 Å². The van der Waals surface area contributed by atoms with Crippen LogP contribution in [0.5, 0.6) is 0 Å². The lowest BCUT2D eigenvalue weighted by Crippen LogP contribution is -2.02. The van der Waals surface area contributed by atoms with Gasteiger partial charge >= 0.3 is 11.3 Å². The summed E-state index contributed by atoms with van der Waals surface area (Å²) in [5.74, 6) is 0.608. The van der Waals surface area contributed by atoms with Crippen LogP contribution in [0, 0.1) is 0 Å². The molecule has 2 aromatic heterocycles. The smallest absolute Gasteiger partial charge is 0.347 e.